The molecule has 0 aromatic rings. The van der Waals surface area contributed by atoms with Crippen molar-refractivity contribution < 1.29 is 19.4 Å². The molecule has 1 rings (SSSR count). The molecule has 1 saturated heterocycles. The molecule has 2 amide bonds. The number of carbonyl (C=O) groups excluding carboxylic acids is 1. The van der Waals surface area contributed by atoms with Gasteiger partial charge in [0, 0.05) is 19.1 Å². The van der Waals surface area contributed by atoms with Crippen molar-refractivity contribution >= 4 is 12.0 Å². The number of hydrogen-bond acceptors (Lipinski definition) is 3. The molecule has 6 heteroatoms. The molecule has 1 aliphatic heterocycles. The van der Waals surface area contributed by atoms with Gasteiger partial charge in [-0.1, -0.05) is 6.92 Å². The number of carboxylic acids is 1. The SMILES string of the molecule is CCCN(C(=O)N(CC)C(C)C)C1COCC1C(=O)O. The van der Waals surface area contributed by atoms with E-state index in [1.54, 1.807) is 9.80 Å². The van der Waals surface area contributed by atoms with E-state index in [0.29, 0.717) is 19.7 Å². The van der Waals surface area contributed by atoms with E-state index in [9.17, 15) is 14.7 Å². The lowest BCUT2D eigenvalue weighted by atomic mass is 10.0. The number of carboxylic acid groups (broad SMARTS) is 1. The molecule has 1 N–H and O–H groups in total. The number of nitrogens with zero attached hydrogens (tertiary/aromatic N) is 2. The van der Waals surface area contributed by atoms with Crippen molar-refractivity contribution in [3.8, 4) is 0 Å². The minimum atomic E-state index is -0.894. The van der Waals surface area contributed by atoms with Gasteiger partial charge in [-0.3, -0.25) is 4.79 Å². The molecule has 2 atom stereocenters. The largest absolute Gasteiger partial charge is 0.481 e. The van der Waals surface area contributed by atoms with Gasteiger partial charge in [-0.2, -0.15) is 0 Å². The molecule has 0 radical (unpaired) electrons. The van der Waals surface area contributed by atoms with Crippen LogP contribution in [0.3, 0.4) is 0 Å². The average Bonchev–Trinajstić information content (AvgIpc) is 2.85. The summed E-state index contributed by atoms with van der Waals surface area (Å²) in [6, 6.07) is -0.365. The molecule has 20 heavy (non-hydrogen) atoms. The number of amides is 2. The predicted molar refractivity (Wildman–Crippen MR) is 75.6 cm³/mol. The molecule has 1 fully saturated rings. The van der Waals surface area contributed by atoms with E-state index in [1.807, 2.05) is 27.7 Å². The third-order valence-electron chi connectivity index (χ3n) is 3.69. The number of rotatable bonds is 6. The quantitative estimate of drug-likeness (QED) is 0.806. The first-order valence-electron chi connectivity index (χ1n) is 7.31. The highest BCUT2D eigenvalue weighted by molar-refractivity contribution is 5.77. The van der Waals surface area contributed by atoms with Gasteiger partial charge in [0.2, 0.25) is 0 Å². The van der Waals surface area contributed by atoms with Gasteiger partial charge in [0.25, 0.3) is 0 Å². The van der Waals surface area contributed by atoms with Crippen LogP contribution in [0.5, 0.6) is 0 Å². The van der Waals surface area contributed by atoms with Gasteiger partial charge < -0.3 is 19.6 Å². The topological polar surface area (TPSA) is 70.1 Å². The van der Waals surface area contributed by atoms with E-state index in [4.69, 9.17) is 4.74 Å². The highest BCUT2D eigenvalue weighted by Crippen LogP contribution is 2.22. The lowest BCUT2D eigenvalue weighted by molar-refractivity contribution is -0.142. The molecule has 0 aliphatic carbocycles. The molecular weight excluding hydrogens is 260 g/mol. The lowest BCUT2D eigenvalue weighted by Crippen LogP contribution is -2.53. The van der Waals surface area contributed by atoms with Gasteiger partial charge in [0.1, 0.15) is 5.92 Å². The molecule has 1 heterocycles. The number of carbonyl (C=O) groups is 2. The Morgan fingerprint density at radius 1 is 1.30 bits per heavy atom. The zero-order valence-corrected chi connectivity index (χ0v) is 12.8. The van der Waals surface area contributed by atoms with Crippen LogP contribution < -0.4 is 0 Å². The molecule has 2 unspecified atom stereocenters. The fraction of sp³-hybridized carbons (Fsp3) is 0.857. The van der Waals surface area contributed by atoms with Gasteiger partial charge in [-0.25, -0.2) is 4.79 Å². The Morgan fingerprint density at radius 2 is 1.95 bits per heavy atom. The summed E-state index contributed by atoms with van der Waals surface area (Å²) in [4.78, 5) is 27.4. The van der Waals surface area contributed by atoms with Crippen molar-refractivity contribution in [2.24, 2.45) is 5.92 Å². The van der Waals surface area contributed by atoms with Gasteiger partial charge in [0.15, 0.2) is 0 Å². The monoisotopic (exact) mass is 286 g/mol. The van der Waals surface area contributed by atoms with Crippen molar-refractivity contribution in [2.45, 2.75) is 46.2 Å². The van der Waals surface area contributed by atoms with Crippen LogP contribution in [0.2, 0.25) is 0 Å². The van der Waals surface area contributed by atoms with E-state index < -0.39 is 11.9 Å². The van der Waals surface area contributed by atoms with Gasteiger partial charge in [0.05, 0.1) is 19.3 Å². The van der Waals surface area contributed by atoms with Crippen molar-refractivity contribution in [1.82, 2.24) is 9.80 Å². The Hall–Kier alpha value is -1.30. The van der Waals surface area contributed by atoms with Gasteiger partial charge in [-0.05, 0) is 27.2 Å². The molecule has 116 valence electrons. The van der Waals surface area contributed by atoms with E-state index in [2.05, 4.69) is 0 Å². The Bertz CT molecular complexity index is 346. The fourth-order valence-corrected chi connectivity index (χ4v) is 2.62. The van der Waals surface area contributed by atoms with Crippen LogP contribution in [-0.2, 0) is 9.53 Å². The fourth-order valence-electron chi connectivity index (χ4n) is 2.62. The Balaban J connectivity index is 2.92. The summed E-state index contributed by atoms with van der Waals surface area (Å²) in [6.45, 7) is 9.50. The predicted octanol–water partition coefficient (Wildman–Crippen LogP) is 1.65. The highest BCUT2D eigenvalue weighted by atomic mass is 16.5. The first-order valence-corrected chi connectivity index (χ1v) is 7.31. The van der Waals surface area contributed by atoms with Gasteiger partial charge in [-0.15, -0.1) is 0 Å². The van der Waals surface area contributed by atoms with Crippen molar-refractivity contribution in [3.63, 3.8) is 0 Å². The summed E-state index contributed by atoms with van der Waals surface area (Å²) < 4.78 is 5.29. The van der Waals surface area contributed by atoms with E-state index >= 15 is 0 Å². The second kappa shape index (κ2) is 7.47. The Kier molecular flexibility index (Phi) is 6.26. The third-order valence-corrected chi connectivity index (χ3v) is 3.69. The maximum atomic E-state index is 12.7. The van der Waals surface area contributed by atoms with E-state index in [0.717, 1.165) is 6.42 Å². The van der Waals surface area contributed by atoms with Crippen LogP contribution in [0, 0.1) is 5.92 Å². The summed E-state index contributed by atoms with van der Waals surface area (Å²) in [7, 11) is 0. The molecule has 0 aromatic heterocycles. The summed E-state index contributed by atoms with van der Waals surface area (Å²) in [5.41, 5.74) is 0. The highest BCUT2D eigenvalue weighted by Gasteiger charge is 2.40. The van der Waals surface area contributed by atoms with Gasteiger partial charge >= 0.3 is 12.0 Å². The lowest BCUT2D eigenvalue weighted by Gasteiger charge is -2.36. The zero-order chi connectivity index (χ0) is 15.3. The Morgan fingerprint density at radius 3 is 2.40 bits per heavy atom. The number of hydrogen-bond donors (Lipinski definition) is 1. The van der Waals surface area contributed by atoms with Crippen LogP contribution >= 0.6 is 0 Å². The molecule has 1 aliphatic rings. The number of aliphatic carboxylic acids is 1. The maximum absolute atomic E-state index is 12.7. The second-order valence-corrected chi connectivity index (χ2v) is 5.41. The molecule has 0 saturated carbocycles. The Labute approximate surface area is 120 Å². The van der Waals surface area contributed by atoms with Crippen LogP contribution in [-0.4, -0.2) is 65.3 Å². The van der Waals surface area contributed by atoms with Crippen LogP contribution in [0.25, 0.3) is 0 Å². The van der Waals surface area contributed by atoms with Crippen molar-refractivity contribution in [1.29, 1.82) is 0 Å². The third kappa shape index (κ3) is 3.62. The normalized spacial score (nSPS) is 22.1. The van der Waals surface area contributed by atoms with Crippen LogP contribution in [0.15, 0.2) is 0 Å². The molecular formula is C14H26N2O4. The smallest absolute Gasteiger partial charge is 0.320 e. The molecule has 6 nitrogen and oxygen atoms in total. The second-order valence-electron chi connectivity index (χ2n) is 5.41. The van der Waals surface area contributed by atoms with Crippen LogP contribution in [0.1, 0.15) is 34.1 Å². The summed E-state index contributed by atoms with van der Waals surface area (Å²) >= 11 is 0. The minimum absolute atomic E-state index is 0.0916. The molecule has 0 bridgehead atoms. The standard InChI is InChI=1S/C14H26N2O4/c1-5-7-16(14(19)15(6-2)10(3)4)12-9-20-8-11(12)13(17)18/h10-12H,5-9H2,1-4H3,(H,17,18). The van der Waals surface area contributed by atoms with Crippen LogP contribution in [0.4, 0.5) is 4.79 Å². The first-order chi connectivity index (χ1) is 9.43. The summed E-state index contributed by atoms with van der Waals surface area (Å²) in [6.07, 6.45) is 0.796. The van der Waals surface area contributed by atoms with Crippen molar-refractivity contribution in [3.05, 3.63) is 0 Å². The average molecular weight is 286 g/mol. The summed E-state index contributed by atoms with van der Waals surface area (Å²) in [5.74, 6) is -1.52. The van der Waals surface area contributed by atoms with Crippen molar-refractivity contribution in [2.75, 3.05) is 26.3 Å². The summed E-state index contributed by atoms with van der Waals surface area (Å²) in [5, 5.41) is 9.26. The minimum Gasteiger partial charge on any atom is -0.481 e. The van der Waals surface area contributed by atoms with E-state index in [-0.39, 0.29) is 24.7 Å². The zero-order valence-electron chi connectivity index (χ0n) is 12.8. The first kappa shape index (κ1) is 16.8. The molecule has 0 spiro atoms. The number of urea groups is 1. The molecule has 0 aromatic carbocycles. The van der Waals surface area contributed by atoms with E-state index in [1.165, 1.54) is 0 Å². The number of ether oxygens (including phenoxy) is 1. The maximum Gasteiger partial charge on any atom is 0.320 e.